The lowest BCUT2D eigenvalue weighted by Crippen LogP contribution is -2.41. The number of hydrogen-bond acceptors (Lipinski definition) is 3. The fraction of sp³-hybridized carbons (Fsp3) is 0.900. The largest absolute Gasteiger partial charge is 0.342 e. The van der Waals surface area contributed by atoms with Crippen molar-refractivity contribution in [1.29, 1.82) is 0 Å². The molecule has 1 N–H and O–H groups in total. The summed E-state index contributed by atoms with van der Waals surface area (Å²) in [4.78, 5) is 13.2. The Morgan fingerprint density at radius 3 is 2.29 bits per heavy atom. The van der Waals surface area contributed by atoms with Crippen LogP contribution in [0.2, 0.25) is 0 Å². The number of carbonyl (C=O) groups is 1. The van der Waals surface area contributed by atoms with Gasteiger partial charge in [0.05, 0.1) is 12.3 Å². The number of hydrogen-bond donors (Lipinski definition) is 1. The highest BCUT2D eigenvalue weighted by atomic mass is 35.5. The van der Waals surface area contributed by atoms with Crippen molar-refractivity contribution in [2.24, 2.45) is 5.92 Å². The van der Waals surface area contributed by atoms with Gasteiger partial charge in [-0.3, -0.25) is 4.79 Å². The van der Waals surface area contributed by atoms with Gasteiger partial charge < -0.3 is 4.90 Å². The molecule has 17 heavy (non-hydrogen) atoms. The van der Waals surface area contributed by atoms with E-state index >= 15 is 0 Å². The lowest BCUT2D eigenvalue weighted by atomic mass is 10.3. The Morgan fingerprint density at radius 2 is 1.88 bits per heavy atom. The molecular weight excluding hydrogens is 264 g/mol. The molecule has 0 radical (unpaired) electrons. The van der Waals surface area contributed by atoms with Crippen LogP contribution >= 0.6 is 11.6 Å². The maximum Gasteiger partial charge on any atom is 0.237 e. The molecular formula is C10H21ClN2O3S. The van der Waals surface area contributed by atoms with Crippen LogP contribution in [0.15, 0.2) is 0 Å². The second-order valence-electron chi connectivity index (χ2n) is 3.93. The quantitative estimate of drug-likeness (QED) is 0.666. The van der Waals surface area contributed by atoms with Crippen molar-refractivity contribution in [2.75, 3.05) is 31.3 Å². The van der Waals surface area contributed by atoms with Gasteiger partial charge in [-0.1, -0.05) is 6.92 Å². The van der Waals surface area contributed by atoms with Gasteiger partial charge in [0.2, 0.25) is 15.9 Å². The first kappa shape index (κ1) is 16.7. The van der Waals surface area contributed by atoms with Crippen LogP contribution in [0.4, 0.5) is 0 Å². The third kappa shape index (κ3) is 6.85. The van der Waals surface area contributed by atoms with Gasteiger partial charge >= 0.3 is 0 Å². The number of amides is 1. The summed E-state index contributed by atoms with van der Waals surface area (Å²) in [6, 6.07) is 0. The molecule has 0 saturated carbocycles. The zero-order chi connectivity index (χ0) is 13.5. The van der Waals surface area contributed by atoms with Crippen molar-refractivity contribution < 1.29 is 13.2 Å². The summed E-state index contributed by atoms with van der Waals surface area (Å²) in [5.74, 6) is -0.109. The normalized spacial score (nSPS) is 13.4. The Kier molecular flexibility index (Phi) is 7.74. The molecule has 0 aromatic rings. The van der Waals surface area contributed by atoms with E-state index in [1.165, 1.54) is 0 Å². The summed E-state index contributed by atoms with van der Waals surface area (Å²) in [6.45, 7) is 6.43. The summed E-state index contributed by atoms with van der Waals surface area (Å²) in [5.41, 5.74) is 0. The molecule has 1 unspecified atom stereocenters. The second kappa shape index (κ2) is 7.89. The van der Waals surface area contributed by atoms with Crippen molar-refractivity contribution in [2.45, 2.75) is 20.8 Å². The highest BCUT2D eigenvalue weighted by Gasteiger charge is 2.17. The van der Waals surface area contributed by atoms with Gasteiger partial charge in [0.25, 0.3) is 0 Å². The third-order valence-electron chi connectivity index (χ3n) is 2.33. The first-order valence-electron chi connectivity index (χ1n) is 5.67. The molecule has 0 aliphatic rings. The summed E-state index contributed by atoms with van der Waals surface area (Å²) in [5, 5.41) is 0. The fourth-order valence-corrected chi connectivity index (χ4v) is 2.90. The van der Waals surface area contributed by atoms with E-state index in [4.69, 9.17) is 11.6 Å². The monoisotopic (exact) mass is 284 g/mol. The summed E-state index contributed by atoms with van der Waals surface area (Å²) >= 11 is 5.55. The molecule has 0 fully saturated rings. The third-order valence-corrected chi connectivity index (χ3v) is 4.45. The standard InChI is InChI=1S/C10H21ClN2O3S/c1-4-13(5-2)10(14)7-12-17(15,16)8-9(3)6-11/h9,12H,4-8H2,1-3H3. The molecule has 0 aromatic heterocycles. The first-order chi connectivity index (χ1) is 7.86. The maximum absolute atomic E-state index is 11.6. The summed E-state index contributed by atoms with van der Waals surface area (Å²) < 4.78 is 25.4. The van der Waals surface area contributed by atoms with Crippen LogP contribution in [0, 0.1) is 5.92 Å². The van der Waals surface area contributed by atoms with Crippen molar-refractivity contribution in [3.05, 3.63) is 0 Å². The van der Waals surface area contributed by atoms with Gasteiger partial charge in [-0.05, 0) is 19.8 Å². The lowest BCUT2D eigenvalue weighted by Gasteiger charge is -2.19. The minimum absolute atomic E-state index is 0.0535. The lowest BCUT2D eigenvalue weighted by molar-refractivity contribution is -0.129. The Hall–Kier alpha value is -0.330. The summed E-state index contributed by atoms with van der Waals surface area (Å²) in [7, 11) is -3.42. The van der Waals surface area contributed by atoms with Crippen molar-refractivity contribution in [3.8, 4) is 0 Å². The van der Waals surface area contributed by atoms with Crippen LogP contribution in [0.25, 0.3) is 0 Å². The average molecular weight is 285 g/mol. The van der Waals surface area contributed by atoms with Gasteiger partial charge in [-0.2, -0.15) is 0 Å². The number of sulfonamides is 1. The van der Waals surface area contributed by atoms with E-state index < -0.39 is 10.0 Å². The topological polar surface area (TPSA) is 66.5 Å². The number of nitrogens with zero attached hydrogens (tertiary/aromatic N) is 1. The van der Waals surface area contributed by atoms with E-state index in [1.54, 1.807) is 11.8 Å². The molecule has 0 bridgehead atoms. The minimum atomic E-state index is -3.42. The minimum Gasteiger partial charge on any atom is -0.342 e. The number of carbonyl (C=O) groups excluding carboxylic acids is 1. The zero-order valence-corrected chi connectivity index (χ0v) is 12.1. The van der Waals surface area contributed by atoms with E-state index in [-0.39, 0.29) is 30.0 Å². The molecule has 0 aliphatic heterocycles. The first-order valence-corrected chi connectivity index (χ1v) is 7.86. The van der Waals surface area contributed by atoms with E-state index in [9.17, 15) is 13.2 Å². The van der Waals surface area contributed by atoms with Crippen LogP contribution in [0.1, 0.15) is 20.8 Å². The van der Waals surface area contributed by atoms with E-state index in [1.807, 2.05) is 13.8 Å². The van der Waals surface area contributed by atoms with Gasteiger partial charge in [-0.25, -0.2) is 13.1 Å². The molecule has 102 valence electrons. The van der Waals surface area contributed by atoms with Gasteiger partial charge in [-0.15, -0.1) is 11.6 Å². The fourth-order valence-electron chi connectivity index (χ4n) is 1.34. The number of alkyl halides is 1. The number of nitrogens with one attached hydrogen (secondary N) is 1. The molecule has 5 nitrogen and oxygen atoms in total. The SMILES string of the molecule is CCN(CC)C(=O)CNS(=O)(=O)CC(C)CCl. The van der Waals surface area contributed by atoms with Crippen LogP contribution in [-0.2, 0) is 14.8 Å². The van der Waals surface area contributed by atoms with E-state index in [0.717, 1.165) is 0 Å². The number of halogens is 1. The molecule has 0 aliphatic carbocycles. The van der Waals surface area contributed by atoms with Crippen LogP contribution in [0.3, 0.4) is 0 Å². The Balaban J connectivity index is 4.23. The van der Waals surface area contributed by atoms with Crippen LogP contribution in [0.5, 0.6) is 0 Å². The maximum atomic E-state index is 11.6. The Morgan fingerprint density at radius 1 is 1.35 bits per heavy atom. The average Bonchev–Trinajstić information content (AvgIpc) is 2.27. The predicted octanol–water partition coefficient (Wildman–Crippen LogP) is 0.649. The van der Waals surface area contributed by atoms with Gasteiger partial charge in [0, 0.05) is 19.0 Å². The predicted molar refractivity (Wildman–Crippen MR) is 69.6 cm³/mol. The van der Waals surface area contributed by atoms with Crippen molar-refractivity contribution in [1.82, 2.24) is 9.62 Å². The Labute approximate surface area is 109 Å². The molecule has 1 atom stereocenters. The highest BCUT2D eigenvalue weighted by Crippen LogP contribution is 2.01. The number of rotatable bonds is 8. The van der Waals surface area contributed by atoms with Crippen molar-refractivity contribution in [3.63, 3.8) is 0 Å². The highest BCUT2D eigenvalue weighted by molar-refractivity contribution is 7.89. The van der Waals surface area contributed by atoms with Crippen LogP contribution in [-0.4, -0.2) is 50.5 Å². The number of likely N-dealkylation sites (N-methyl/N-ethyl adjacent to an activating group) is 1. The molecule has 0 heterocycles. The van der Waals surface area contributed by atoms with Gasteiger partial charge in [0.15, 0.2) is 0 Å². The molecule has 7 heteroatoms. The smallest absolute Gasteiger partial charge is 0.237 e. The Bertz CT molecular complexity index is 328. The van der Waals surface area contributed by atoms with E-state index in [0.29, 0.717) is 13.1 Å². The molecule has 1 amide bonds. The molecule has 0 saturated heterocycles. The molecule has 0 rings (SSSR count). The van der Waals surface area contributed by atoms with Crippen molar-refractivity contribution >= 4 is 27.5 Å². The summed E-state index contributed by atoms with van der Waals surface area (Å²) in [6.07, 6.45) is 0. The second-order valence-corrected chi connectivity index (χ2v) is 6.09. The zero-order valence-electron chi connectivity index (χ0n) is 10.6. The molecule has 0 spiro atoms. The van der Waals surface area contributed by atoms with Crippen LogP contribution < -0.4 is 4.72 Å². The van der Waals surface area contributed by atoms with E-state index in [2.05, 4.69) is 4.72 Å². The van der Waals surface area contributed by atoms with Gasteiger partial charge in [0.1, 0.15) is 0 Å². The molecule has 0 aromatic carbocycles.